The van der Waals surface area contributed by atoms with E-state index in [1.807, 2.05) is 38.1 Å². The third-order valence-electron chi connectivity index (χ3n) is 7.37. The molecule has 4 aromatic rings. The fraction of sp³-hybridized carbons (Fsp3) is 0.500. The van der Waals surface area contributed by atoms with Gasteiger partial charge in [-0.1, -0.05) is 34.4 Å². The first-order valence-corrected chi connectivity index (χ1v) is 15.9. The molecule has 0 aliphatic heterocycles. The molecule has 8 nitrogen and oxygen atoms in total. The van der Waals surface area contributed by atoms with E-state index in [-0.39, 0.29) is 0 Å². The maximum Gasteiger partial charge on any atom is 0.133 e. The summed E-state index contributed by atoms with van der Waals surface area (Å²) in [6.45, 7) is 11.9. The van der Waals surface area contributed by atoms with Crippen LogP contribution in [0.4, 0.5) is 0 Å². The van der Waals surface area contributed by atoms with Gasteiger partial charge in [0.15, 0.2) is 0 Å². The number of ether oxygens (including phenoxy) is 4. The summed E-state index contributed by atoms with van der Waals surface area (Å²) in [7, 11) is 0. The molecule has 0 unspecified atom stereocenters. The van der Waals surface area contributed by atoms with Crippen LogP contribution in [0.1, 0.15) is 72.6 Å². The van der Waals surface area contributed by atoms with Gasteiger partial charge in [-0.2, -0.15) is 0 Å². The molecule has 0 aliphatic rings. The van der Waals surface area contributed by atoms with Crippen molar-refractivity contribution in [3.8, 4) is 22.6 Å². The van der Waals surface area contributed by atoms with Crippen LogP contribution in [-0.2, 0) is 22.3 Å². The van der Waals surface area contributed by atoms with Crippen LogP contribution >= 0.6 is 0 Å². The Labute approximate surface area is 262 Å². The first-order chi connectivity index (χ1) is 21.5. The minimum Gasteiger partial charge on any atom is -0.493 e. The highest BCUT2D eigenvalue weighted by atomic mass is 16.5. The van der Waals surface area contributed by atoms with E-state index < -0.39 is 0 Å². The van der Waals surface area contributed by atoms with E-state index in [1.165, 1.54) is 11.1 Å². The zero-order chi connectivity index (χ0) is 31.0. The van der Waals surface area contributed by atoms with E-state index in [2.05, 4.69) is 48.4 Å². The van der Waals surface area contributed by atoms with Crippen LogP contribution in [-0.4, -0.2) is 50.0 Å². The molecule has 0 saturated carbocycles. The molecule has 0 spiro atoms. The van der Waals surface area contributed by atoms with Crippen LogP contribution in [0.5, 0.6) is 11.5 Å². The third kappa shape index (κ3) is 11.5. The predicted molar refractivity (Wildman–Crippen MR) is 172 cm³/mol. The minimum absolute atomic E-state index is 0.503. The van der Waals surface area contributed by atoms with Crippen molar-refractivity contribution >= 4 is 0 Å². The van der Waals surface area contributed by atoms with Crippen molar-refractivity contribution in [2.24, 2.45) is 0 Å². The van der Waals surface area contributed by atoms with Gasteiger partial charge >= 0.3 is 0 Å². The summed E-state index contributed by atoms with van der Waals surface area (Å²) in [4.78, 5) is 0. The Morgan fingerprint density at radius 1 is 0.545 bits per heavy atom. The van der Waals surface area contributed by atoms with Gasteiger partial charge in [-0.05, 0) is 102 Å². The minimum atomic E-state index is 0.503. The number of rotatable bonds is 21. The molecule has 2 aromatic heterocycles. The molecule has 44 heavy (non-hydrogen) atoms. The van der Waals surface area contributed by atoms with Crippen molar-refractivity contribution in [1.29, 1.82) is 0 Å². The zero-order valence-corrected chi connectivity index (χ0v) is 26.9. The molecule has 0 radical (unpaired) electrons. The summed E-state index contributed by atoms with van der Waals surface area (Å²) in [6.07, 6.45) is 7.97. The van der Waals surface area contributed by atoms with E-state index >= 15 is 0 Å². The van der Waals surface area contributed by atoms with Crippen LogP contribution < -0.4 is 9.47 Å². The monoisotopic (exact) mass is 604 g/mol. The largest absolute Gasteiger partial charge is 0.493 e. The highest BCUT2D eigenvalue weighted by Crippen LogP contribution is 2.35. The van der Waals surface area contributed by atoms with Crippen molar-refractivity contribution < 1.29 is 28.0 Å². The van der Waals surface area contributed by atoms with E-state index in [0.29, 0.717) is 26.4 Å². The average molecular weight is 605 g/mol. The Hall–Kier alpha value is -3.62. The number of hydrogen-bond acceptors (Lipinski definition) is 8. The molecular formula is C36H48N2O6. The second-order valence-electron chi connectivity index (χ2n) is 11.4. The van der Waals surface area contributed by atoms with Crippen LogP contribution in [0.15, 0.2) is 57.6 Å². The van der Waals surface area contributed by atoms with Gasteiger partial charge in [0.1, 0.15) is 29.6 Å². The Kier molecular flexibility index (Phi) is 13.8. The van der Waals surface area contributed by atoms with Crippen LogP contribution in [0.3, 0.4) is 0 Å². The topological polar surface area (TPSA) is 89.0 Å². The second kappa shape index (κ2) is 18.2. The highest BCUT2D eigenvalue weighted by molar-refractivity contribution is 5.75. The summed E-state index contributed by atoms with van der Waals surface area (Å²) in [6, 6.07) is 16.6. The van der Waals surface area contributed by atoms with Crippen molar-refractivity contribution in [3.05, 3.63) is 82.6 Å². The number of aryl methyl sites for hydroxylation is 6. The van der Waals surface area contributed by atoms with Gasteiger partial charge in [-0.3, -0.25) is 0 Å². The van der Waals surface area contributed by atoms with Crippen molar-refractivity contribution in [2.75, 3.05) is 39.6 Å². The molecule has 0 aliphatic carbocycles. The van der Waals surface area contributed by atoms with Gasteiger partial charge < -0.3 is 28.0 Å². The van der Waals surface area contributed by atoms with E-state index in [1.54, 1.807) is 0 Å². The second-order valence-corrected chi connectivity index (χ2v) is 11.4. The molecule has 0 N–H and O–H groups in total. The van der Waals surface area contributed by atoms with Crippen LogP contribution in [0.2, 0.25) is 0 Å². The molecule has 0 amide bonds. The normalized spacial score (nSPS) is 11.3. The van der Waals surface area contributed by atoms with Crippen molar-refractivity contribution in [2.45, 2.75) is 79.1 Å². The third-order valence-corrected chi connectivity index (χ3v) is 7.37. The molecule has 8 heteroatoms. The molecule has 0 bridgehead atoms. The molecule has 238 valence electrons. The van der Waals surface area contributed by atoms with Crippen LogP contribution in [0, 0.1) is 27.7 Å². The quantitative estimate of drug-likeness (QED) is 0.0880. The van der Waals surface area contributed by atoms with Gasteiger partial charge in [0.05, 0.1) is 24.6 Å². The summed E-state index contributed by atoms with van der Waals surface area (Å²) < 4.78 is 34.2. The lowest BCUT2D eigenvalue weighted by Crippen LogP contribution is -2.08. The lowest BCUT2D eigenvalue weighted by Gasteiger charge is -2.16. The summed E-state index contributed by atoms with van der Waals surface area (Å²) in [5.41, 5.74) is 6.58. The first-order valence-electron chi connectivity index (χ1n) is 15.9. The number of unbranched alkanes of at least 4 members (excludes halogenated alkanes) is 3. The summed E-state index contributed by atoms with van der Waals surface area (Å²) in [5, 5.41) is 8.08. The Morgan fingerprint density at radius 3 is 1.91 bits per heavy atom. The fourth-order valence-electron chi connectivity index (χ4n) is 5.00. The van der Waals surface area contributed by atoms with E-state index in [0.717, 1.165) is 110 Å². The summed E-state index contributed by atoms with van der Waals surface area (Å²) >= 11 is 0. The molecular weight excluding hydrogens is 556 g/mol. The maximum absolute atomic E-state index is 6.20. The number of benzene rings is 2. The number of hydrogen-bond donors (Lipinski definition) is 0. The standard InChI is InChI=1S/C36H48N2O6/c1-27-13-16-36(42-22-21-40-17-8-5-6-11-31-24-29(3)43-37-31)35(23-27)34-26-33(15-14-28(34)2)41-20-10-19-39-18-9-7-12-32-25-30(4)44-38-32/h13-16,23-26H,5-12,17-22H2,1-4H3. The maximum atomic E-state index is 6.20. The number of nitrogens with zero attached hydrogens (tertiary/aromatic N) is 2. The Morgan fingerprint density at radius 2 is 1.20 bits per heavy atom. The summed E-state index contributed by atoms with van der Waals surface area (Å²) in [5.74, 6) is 3.43. The average Bonchev–Trinajstić information content (AvgIpc) is 3.63. The lowest BCUT2D eigenvalue weighted by molar-refractivity contribution is 0.0973. The van der Waals surface area contributed by atoms with Gasteiger partial charge in [-0.15, -0.1) is 0 Å². The van der Waals surface area contributed by atoms with Gasteiger partial charge in [0.2, 0.25) is 0 Å². The van der Waals surface area contributed by atoms with E-state index in [4.69, 9.17) is 28.0 Å². The SMILES string of the molecule is Cc1ccc(OCCOCCCCCc2cc(C)on2)c(-c2cc(OCCCOCCCCc3cc(C)on3)ccc2C)c1. The molecule has 2 aromatic carbocycles. The van der Waals surface area contributed by atoms with E-state index in [9.17, 15) is 0 Å². The molecule has 4 rings (SSSR count). The molecule has 2 heterocycles. The number of aromatic nitrogens is 2. The Balaban J connectivity index is 1.13. The molecule has 0 fully saturated rings. The first kappa shape index (κ1) is 33.3. The smallest absolute Gasteiger partial charge is 0.133 e. The zero-order valence-electron chi connectivity index (χ0n) is 26.9. The highest BCUT2D eigenvalue weighted by Gasteiger charge is 2.12. The van der Waals surface area contributed by atoms with Gasteiger partial charge in [-0.25, -0.2) is 0 Å². The predicted octanol–water partition coefficient (Wildman–Crippen LogP) is 8.18. The van der Waals surface area contributed by atoms with Gasteiger partial charge in [0, 0.05) is 43.9 Å². The van der Waals surface area contributed by atoms with Gasteiger partial charge in [0.25, 0.3) is 0 Å². The fourth-order valence-corrected chi connectivity index (χ4v) is 5.00. The van der Waals surface area contributed by atoms with Crippen molar-refractivity contribution in [1.82, 2.24) is 10.3 Å². The molecule has 0 saturated heterocycles. The van der Waals surface area contributed by atoms with Crippen LogP contribution in [0.25, 0.3) is 11.1 Å². The Bertz CT molecular complexity index is 1400. The molecule has 0 atom stereocenters. The van der Waals surface area contributed by atoms with Crippen molar-refractivity contribution in [3.63, 3.8) is 0 Å². The lowest BCUT2D eigenvalue weighted by atomic mass is 9.98.